The van der Waals surface area contributed by atoms with Crippen molar-refractivity contribution in [2.75, 3.05) is 27.5 Å². The molecule has 0 saturated heterocycles. The third-order valence-electron chi connectivity index (χ3n) is 8.96. The number of ether oxygens (including phenoxy) is 2. The van der Waals surface area contributed by atoms with E-state index in [1.54, 1.807) is 19.5 Å². The van der Waals surface area contributed by atoms with Crippen LogP contribution in [0.3, 0.4) is 0 Å². The Balaban J connectivity index is 0.000000270. The molecule has 268 valence electrons. The molecule has 2 aliphatic rings. The summed E-state index contributed by atoms with van der Waals surface area (Å²) in [6, 6.07) is 34.5. The standard InChI is InChI=1S/C26H35O2P.C13H11N.CH4O3S.Pd/c1-27-23-17-11-18-24(28-2)26(23)22-16-9-10-19-25(22)29(20-12-5-3-6-13-20)21-14-7-4-8-15-21;1-14-13-10-6-5-9-12(13)11-7-3-2-4-8-11;1-5(2,3)4;/h9-11,16-21H,3-8,12-15H2,1-2H3;2-7,9-10H,1H3;1H3,(H,2,3,4);/q;-2;;/p-1. The van der Waals surface area contributed by atoms with E-state index in [4.69, 9.17) is 22.4 Å². The second-order valence-electron chi connectivity index (χ2n) is 12.3. The van der Waals surface area contributed by atoms with Gasteiger partial charge in [0.1, 0.15) is 11.5 Å². The number of nitrogens with zero attached hydrogens (tertiary/aromatic N) is 1. The Morgan fingerprint density at radius 2 is 1.20 bits per heavy atom. The predicted octanol–water partition coefficient (Wildman–Crippen LogP) is 10.1. The van der Waals surface area contributed by atoms with Crippen molar-refractivity contribution in [1.82, 2.24) is 0 Å². The fourth-order valence-corrected chi connectivity index (χ4v) is 10.8. The van der Waals surface area contributed by atoms with Crippen LogP contribution in [0, 0.1) is 6.07 Å². The van der Waals surface area contributed by atoms with Crippen molar-refractivity contribution in [3.8, 4) is 33.8 Å². The zero-order chi connectivity index (χ0) is 34.4. The summed E-state index contributed by atoms with van der Waals surface area (Å²) in [7, 11) is 1.25. The molecule has 0 unspecified atom stereocenters. The van der Waals surface area contributed by atoms with Gasteiger partial charge in [-0.3, -0.25) is 0 Å². The number of benzene rings is 4. The third kappa shape index (κ3) is 12.2. The van der Waals surface area contributed by atoms with Gasteiger partial charge >= 0.3 is 0 Å². The molecule has 0 bridgehead atoms. The van der Waals surface area contributed by atoms with Crippen LogP contribution < -0.4 is 14.8 Å². The van der Waals surface area contributed by atoms with Crippen LogP contribution >= 0.6 is 7.92 Å². The van der Waals surface area contributed by atoms with Crippen LogP contribution in [-0.4, -0.2) is 51.8 Å². The average Bonchev–Trinajstić information content (AvgIpc) is 3.12. The van der Waals surface area contributed by atoms with Gasteiger partial charge in [-0.25, -0.2) is 8.42 Å². The minimum atomic E-state index is -3.92. The fourth-order valence-electron chi connectivity index (χ4n) is 6.89. The molecule has 0 heterocycles. The summed E-state index contributed by atoms with van der Waals surface area (Å²) in [6.45, 7) is 0. The molecule has 2 fully saturated rings. The van der Waals surface area contributed by atoms with Crippen LogP contribution in [-0.2, 0) is 30.5 Å². The van der Waals surface area contributed by atoms with Gasteiger partial charge in [0.2, 0.25) is 0 Å². The van der Waals surface area contributed by atoms with Crippen molar-refractivity contribution < 1.29 is 42.9 Å². The average molecular weight is 793 g/mol. The SMILES string of the molecule is COc1cccc(OC)c1-c1ccccc1P(C1CCCCC1)C1CCCCC1.CS(=O)(=O)[O-].C[N-]c1ccccc1-c1[c-]cccc1.[Pd]. The summed E-state index contributed by atoms with van der Waals surface area (Å²) < 4.78 is 38.8. The molecule has 0 atom stereocenters. The zero-order valence-electron chi connectivity index (χ0n) is 29.0. The quantitative estimate of drug-likeness (QED) is 0.0767. The van der Waals surface area contributed by atoms with Crippen LogP contribution in [0.2, 0.25) is 0 Å². The van der Waals surface area contributed by atoms with Gasteiger partial charge < -0.3 is 19.3 Å². The van der Waals surface area contributed by atoms with Crippen molar-refractivity contribution in [2.45, 2.75) is 75.5 Å². The molecule has 6 nitrogen and oxygen atoms in total. The maximum Gasteiger partial charge on any atom is 0.130 e. The Morgan fingerprint density at radius 1 is 0.714 bits per heavy atom. The molecule has 9 heteroatoms. The van der Waals surface area contributed by atoms with E-state index in [1.165, 1.54) is 69.8 Å². The van der Waals surface area contributed by atoms with E-state index in [0.717, 1.165) is 45.2 Å². The molecule has 0 aliphatic heterocycles. The van der Waals surface area contributed by atoms with Crippen LogP contribution in [0.1, 0.15) is 64.2 Å². The van der Waals surface area contributed by atoms with Gasteiger partial charge in [0, 0.05) is 26.7 Å². The van der Waals surface area contributed by atoms with Gasteiger partial charge in [0.25, 0.3) is 0 Å². The Morgan fingerprint density at radius 3 is 1.69 bits per heavy atom. The van der Waals surface area contributed by atoms with Gasteiger partial charge in [0.15, 0.2) is 0 Å². The Bertz CT molecular complexity index is 1610. The Labute approximate surface area is 309 Å². The minimum Gasteiger partial charge on any atom is -0.748 e. The molecule has 0 amide bonds. The Hall–Kier alpha value is -2.72. The van der Waals surface area contributed by atoms with E-state index in [9.17, 15) is 0 Å². The van der Waals surface area contributed by atoms with E-state index >= 15 is 0 Å². The van der Waals surface area contributed by atoms with Gasteiger partial charge in [-0.2, -0.15) is 5.69 Å². The molecule has 4 aromatic rings. The smallest absolute Gasteiger partial charge is 0.130 e. The van der Waals surface area contributed by atoms with Crippen molar-refractivity contribution >= 4 is 29.0 Å². The molecule has 6 rings (SSSR count). The first kappa shape index (κ1) is 40.7. The summed E-state index contributed by atoms with van der Waals surface area (Å²) >= 11 is 0. The molecular weight excluding hydrogens is 744 g/mol. The van der Waals surface area contributed by atoms with Crippen LogP contribution in [0.15, 0.2) is 91.0 Å². The fraction of sp³-hybridized carbons (Fsp3) is 0.400. The zero-order valence-corrected chi connectivity index (χ0v) is 32.3. The summed E-state index contributed by atoms with van der Waals surface area (Å²) in [5.41, 5.74) is 7.46. The molecule has 0 aromatic heterocycles. The molecule has 0 N–H and O–H groups in total. The number of rotatable bonds is 8. The first-order chi connectivity index (χ1) is 23.2. The predicted molar refractivity (Wildman–Crippen MR) is 201 cm³/mol. The second kappa shape index (κ2) is 20.8. The normalized spacial score (nSPS) is 15.1. The molecule has 2 aliphatic carbocycles. The number of methoxy groups -OCH3 is 2. The molecule has 4 aromatic carbocycles. The monoisotopic (exact) mass is 792 g/mol. The van der Waals surface area contributed by atoms with Crippen molar-refractivity contribution in [3.05, 3.63) is 102 Å². The molecule has 49 heavy (non-hydrogen) atoms. The van der Waals surface area contributed by atoms with E-state index < -0.39 is 10.1 Å². The molecule has 2 saturated carbocycles. The van der Waals surface area contributed by atoms with E-state index in [2.05, 4.69) is 53.8 Å². The number of para-hydroxylation sites is 1. The molecule has 0 radical (unpaired) electrons. The van der Waals surface area contributed by atoms with E-state index in [-0.39, 0.29) is 28.3 Å². The maximum absolute atomic E-state index is 9.08. The van der Waals surface area contributed by atoms with Crippen LogP contribution in [0.4, 0.5) is 5.69 Å². The van der Waals surface area contributed by atoms with Gasteiger partial charge in [-0.1, -0.05) is 101 Å². The van der Waals surface area contributed by atoms with Crippen LogP contribution in [0.25, 0.3) is 27.6 Å². The third-order valence-corrected chi connectivity index (χ3v) is 12.5. The number of hydrogen-bond acceptors (Lipinski definition) is 5. The minimum absolute atomic E-state index is 0. The van der Waals surface area contributed by atoms with Crippen LogP contribution in [0.5, 0.6) is 11.5 Å². The largest absolute Gasteiger partial charge is 0.748 e. The topological polar surface area (TPSA) is 89.8 Å². The summed E-state index contributed by atoms with van der Waals surface area (Å²) in [4.78, 5) is 0. The summed E-state index contributed by atoms with van der Waals surface area (Å²) in [5, 5.41) is 5.81. The second-order valence-corrected chi connectivity index (χ2v) is 16.4. The van der Waals surface area contributed by atoms with Crippen molar-refractivity contribution in [1.29, 1.82) is 0 Å². The van der Waals surface area contributed by atoms with Crippen molar-refractivity contribution in [3.63, 3.8) is 0 Å². The summed E-state index contributed by atoms with van der Waals surface area (Å²) in [5.74, 6) is 1.83. The molecule has 0 spiro atoms. The van der Waals surface area contributed by atoms with Gasteiger partial charge in [-0.15, -0.1) is 48.5 Å². The summed E-state index contributed by atoms with van der Waals surface area (Å²) in [6.07, 6.45) is 14.8. The number of hydrogen-bond donors (Lipinski definition) is 0. The Kier molecular flexibility index (Phi) is 17.3. The van der Waals surface area contributed by atoms with E-state index in [1.807, 2.05) is 55.6 Å². The first-order valence-electron chi connectivity index (χ1n) is 16.9. The van der Waals surface area contributed by atoms with Crippen molar-refractivity contribution in [2.24, 2.45) is 0 Å². The van der Waals surface area contributed by atoms with Gasteiger partial charge in [-0.05, 0) is 60.0 Å². The van der Waals surface area contributed by atoms with Gasteiger partial charge in [0.05, 0.1) is 29.9 Å². The first-order valence-corrected chi connectivity index (χ1v) is 20.2. The van der Waals surface area contributed by atoms with E-state index in [0.29, 0.717) is 6.26 Å². The maximum atomic E-state index is 9.08. The molecular formula is C40H49NO5PPdS-3.